The lowest BCUT2D eigenvalue weighted by atomic mass is 9.93. The summed E-state index contributed by atoms with van der Waals surface area (Å²) < 4.78 is 18.6. The summed E-state index contributed by atoms with van der Waals surface area (Å²) in [5.74, 6) is 2.03. The molecule has 1 aromatic carbocycles. The monoisotopic (exact) mass is 408 g/mol. The van der Waals surface area contributed by atoms with Gasteiger partial charge in [-0.15, -0.1) is 10.2 Å². The van der Waals surface area contributed by atoms with E-state index in [9.17, 15) is 9.18 Å². The smallest absolute Gasteiger partial charge is 0.320 e. The van der Waals surface area contributed by atoms with Crippen LogP contribution in [0.4, 0.5) is 9.18 Å². The van der Waals surface area contributed by atoms with Crippen molar-refractivity contribution in [3.05, 3.63) is 66.1 Å². The molecule has 0 bridgehead atoms. The molecule has 2 aromatic heterocycles. The second kappa shape index (κ2) is 7.74. The van der Waals surface area contributed by atoms with Crippen molar-refractivity contribution in [3.8, 4) is 11.6 Å². The number of ether oxygens (including phenoxy) is 1. The van der Waals surface area contributed by atoms with Crippen molar-refractivity contribution in [1.82, 2.24) is 30.0 Å². The summed E-state index contributed by atoms with van der Waals surface area (Å²) in [6.45, 7) is 2.78. The molecule has 9 heteroatoms. The molecule has 0 radical (unpaired) electrons. The van der Waals surface area contributed by atoms with E-state index in [1.165, 1.54) is 12.1 Å². The Bertz CT molecular complexity index is 1000. The van der Waals surface area contributed by atoms with Crippen molar-refractivity contribution in [1.29, 1.82) is 0 Å². The van der Waals surface area contributed by atoms with Gasteiger partial charge in [0, 0.05) is 50.3 Å². The number of nitrogens with zero attached hydrogens (tertiary/aromatic N) is 5. The predicted molar refractivity (Wildman–Crippen MR) is 106 cm³/mol. The molecular formula is C21H21FN6O2. The Morgan fingerprint density at radius 1 is 1.07 bits per heavy atom. The molecule has 2 aliphatic rings. The average Bonchev–Trinajstić information content (AvgIpc) is 3.41. The molecule has 2 aliphatic heterocycles. The van der Waals surface area contributed by atoms with Gasteiger partial charge in [0.25, 0.3) is 0 Å². The fourth-order valence-corrected chi connectivity index (χ4v) is 3.93. The van der Waals surface area contributed by atoms with Crippen LogP contribution in [0.25, 0.3) is 0 Å². The van der Waals surface area contributed by atoms with E-state index >= 15 is 0 Å². The quantitative estimate of drug-likeness (QED) is 0.717. The minimum atomic E-state index is -0.308. The normalized spacial score (nSPS) is 19.0. The number of aromatic amines is 1. The first-order chi connectivity index (χ1) is 14.7. The van der Waals surface area contributed by atoms with Crippen LogP contribution in [0, 0.1) is 5.82 Å². The van der Waals surface area contributed by atoms with Crippen LogP contribution in [-0.2, 0) is 0 Å². The van der Waals surface area contributed by atoms with Gasteiger partial charge in [0.15, 0.2) is 0 Å². The Morgan fingerprint density at radius 2 is 1.87 bits per heavy atom. The summed E-state index contributed by atoms with van der Waals surface area (Å²) in [4.78, 5) is 23.9. The number of likely N-dealkylation sites (tertiary alicyclic amines) is 2. The standard InChI is InChI=1S/C21H21FN6O2/c22-17-2-4-18(5-3-17)30-19-6-1-14(9-23-19)16-11-28(12-16)21(29)27-8-7-15(10-27)20-24-13-25-26-20/h1-6,9,13,15-16H,7-8,10-12H2,(H,24,25,26)/t15-/m0/s1. The highest BCUT2D eigenvalue weighted by atomic mass is 19.1. The van der Waals surface area contributed by atoms with E-state index in [-0.39, 0.29) is 23.7 Å². The molecule has 0 saturated carbocycles. The second-order valence-electron chi connectivity index (χ2n) is 7.68. The molecule has 30 heavy (non-hydrogen) atoms. The van der Waals surface area contributed by atoms with Gasteiger partial charge in [-0.3, -0.25) is 0 Å². The van der Waals surface area contributed by atoms with E-state index in [0.29, 0.717) is 31.3 Å². The molecule has 154 valence electrons. The number of nitrogens with one attached hydrogen (secondary N) is 1. The average molecular weight is 408 g/mol. The van der Waals surface area contributed by atoms with E-state index in [1.807, 2.05) is 15.9 Å². The van der Waals surface area contributed by atoms with Crippen molar-refractivity contribution in [3.63, 3.8) is 0 Å². The topological polar surface area (TPSA) is 87.2 Å². The zero-order valence-electron chi connectivity index (χ0n) is 16.2. The van der Waals surface area contributed by atoms with E-state index in [0.717, 1.165) is 24.4 Å². The van der Waals surface area contributed by atoms with Gasteiger partial charge >= 0.3 is 6.03 Å². The van der Waals surface area contributed by atoms with Gasteiger partial charge in [-0.05, 0) is 36.2 Å². The molecule has 2 amide bonds. The molecule has 8 nitrogen and oxygen atoms in total. The van der Waals surface area contributed by atoms with Gasteiger partial charge in [0.2, 0.25) is 5.88 Å². The Kier molecular flexibility index (Phi) is 4.78. The maximum absolute atomic E-state index is 13.0. The van der Waals surface area contributed by atoms with Crippen LogP contribution in [0.1, 0.15) is 29.6 Å². The number of rotatable bonds is 4. The summed E-state index contributed by atoms with van der Waals surface area (Å²) >= 11 is 0. The molecule has 5 rings (SSSR count). The number of hydrogen-bond acceptors (Lipinski definition) is 5. The third-order valence-corrected chi connectivity index (χ3v) is 5.70. The lowest BCUT2D eigenvalue weighted by Crippen LogP contribution is -2.53. The largest absolute Gasteiger partial charge is 0.439 e. The third kappa shape index (κ3) is 3.70. The SMILES string of the molecule is O=C(N1CC(c2ccc(Oc3ccc(F)cc3)nc2)C1)N1CC[C@H](c2nnc[nH]2)C1. The first-order valence-electron chi connectivity index (χ1n) is 9.95. The Balaban J connectivity index is 1.13. The number of amides is 2. The Morgan fingerprint density at radius 3 is 2.57 bits per heavy atom. The maximum Gasteiger partial charge on any atom is 0.320 e. The van der Waals surface area contributed by atoms with Crippen LogP contribution < -0.4 is 4.74 Å². The van der Waals surface area contributed by atoms with E-state index in [2.05, 4.69) is 20.2 Å². The highest BCUT2D eigenvalue weighted by Crippen LogP contribution is 2.31. The molecule has 0 unspecified atom stereocenters. The van der Waals surface area contributed by atoms with E-state index in [4.69, 9.17) is 4.74 Å². The summed E-state index contributed by atoms with van der Waals surface area (Å²) in [6.07, 6.45) is 4.25. The highest BCUT2D eigenvalue weighted by Gasteiger charge is 2.37. The highest BCUT2D eigenvalue weighted by molar-refractivity contribution is 5.76. The van der Waals surface area contributed by atoms with Crippen molar-refractivity contribution in [2.24, 2.45) is 0 Å². The van der Waals surface area contributed by atoms with Crippen LogP contribution in [0.2, 0.25) is 0 Å². The lowest BCUT2D eigenvalue weighted by Gasteiger charge is -2.41. The fraction of sp³-hybridized carbons (Fsp3) is 0.333. The lowest BCUT2D eigenvalue weighted by molar-refractivity contribution is 0.121. The maximum atomic E-state index is 13.0. The number of aromatic nitrogens is 4. The molecule has 2 saturated heterocycles. The van der Waals surface area contributed by atoms with Crippen molar-refractivity contribution in [2.75, 3.05) is 26.2 Å². The third-order valence-electron chi connectivity index (χ3n) is 5.70. The minimum absolute atomic E-state index is 0.0810. The van der Waals surface area contributed by atoms with Gasteiger partial charge in [-0.1, -0.05) is 6.07 Å². The number of pyridine rings is 1. The first-order valence-corrected chi connectivity index (χ1v) is 9.95. The van der Waals surface area contributed by atoms with Crippen molar-refractivity contribution >= 4 is 6.03 Å². The molecule has 3 aromatic rings. The molecule has 0 aliphatic carbocycles. The summed E-state index contributed by atoms with van der Waals surface area (Å²) in [6, 6.07) is 9.66. The van der Waals surface area contributed by atoms with Gasteiger partial charge in [0.1, 0.15) is 23.7 Å². The fourth-order valence-electron chi connectivity index (χ4n) is 3.93. The van der Waals surface area contributed by atoms with Crippen LogP contribution in [0.3, 0.4) is 0 Å². The Hall–Kier alpha value is -3.49. The summed E-state index contributed by atoms with van der Waals surface area (Å²) in [5.41, 5.74) is 1.08. The van der Waals surface area contributed by atoms with E-state index in [1.54, 1.807) is 30.7 Å². The molecule has 4 heterocycles. The van der Waals surface area contributed by atoms with E-state index < -0.39 is 0 Å². The minimum Gasteiger partial charge on any atom is -0.439 e. The summed E-state index contributed by atoms with van der Waals surface area (Å²) in [5, 5.41) is 7.90. The van der Waals surface area contributed by atoms with Gasteiger partial charge in [-0.25, -0.2) is 14.2 Å². The number of halogens is 1. The van der Waals surface area contributed by atoms with Crippen molar-refractivity contribution in [2.45, 2.75) is 18.3 Å². The number of H-pyrrole nitrogens is 1. The number of urea groups is 1. The first kappa shape index (κ1) is 18.5. The number of carbonyl (C=O) groups excluding carboxylic acids is 1. The van der Waals surface area contributed by atoms with Crippen LogP contribution in [0.15, 0.2) is 48.9 Å². The molecule has 1 N–H and O–H groups in total. The second-order valence-corrected chi connectivity index (χ2v) is 7.68. The van der Waals surface area contributed by atoms with Crippen LogP contribution in [0.5, 0.6) is 11.6 Å². The zero-order chi connectivity index (χ0) is 20.5. The molecular weight excluding hydrogens is 387 g/mol. The number of benzene rings is 1. The van der Waals surface area contributed by atoms with Crippen LogP contribution >= 0.6 is 0 Å². The van der Waals surface area contributed by atoms with Gasteiger partial charge < -0.3 is 19.5 Å². The van der Waals surface area contributed by atoms with Gasteiger partial charge in [-0.2, -0.15) is 0 Å². The van der Waals surface area contributed by atoms with Crippen molar-refractivity contribution < 1.29 is 13.9 Å². The van der Waals surface area contributed by atoms with Crippen LogP contribution in [-0.4, -0.2) is 62.2 Å². The molecule has 1 atom stereocenters. The molecule has 2 fully saturated rings. The van der Waals surface area contributed by atoms with Gasteiger partial charge in [0.05, 0.1) is 0 Å². The zero-order valence-corrected chi connectivity index (χ0v) is 16.2. The summed E-state index contributed by atoms with van der Waals surface area (Å²) in [7, 11) is 0. The predicted octanol–water partition coefficient (Wildman–Crippen LogP) is 3.14. The number of hydrogen-bond donors (Lipinski definition) is 1. The Labute approximate surface area is 172 Å². The number of carbonyl (C=O) groups is 1. The molecule has 0 spiro atoms.